The number of rotatable bonds is 3. The predicted molar refractivity (Wildman–Crippen MR) is 78.9 cm³/mol. The fourth-order valence-corrected chi connectivity index (χ4v) is 3.64. The van der Waals surface area contributed by atoms with Gasteiger partial charge in [0.1, 0.15) is 4.99 Å². The van der Waals surface area contributed by atoms with Gasteiger partial charge in [-0.15, -0.1) is 0 Å². The van der Waals surface area contributed by atoms with Crippen LogP contribution in [0.4, 0.5) is 0 Å². The Hall–Kier alpha value is -0.640. The number of benzene rings is 1. The average Bonchev–Trinajstić information content (AvgIpc) is 2.93. The lowest BCUT2D eigenvalue weighted by Gasteiger charge is -2.27. The number of likely N-dealkylation sites (tertiary alicyclic amines) is 1. The first-order chi connectivity index (χ1) is 8.63. The Morgan fingerprint density at radius 2 is 2.28 bits per heavy atom. The summed E-state index contributed by atoms with van der Waals surface area (Å²) < 4.78 is 0. The maximum Gasteiger partial charge on any atom is 0.104 e. The van der Waals surface area contributed by atoms with Gasteiger partial charge in [-0.05, 0) is 36.8 Å². The van der Waals surface area contributed by atoms with Crippen LogP contribution in [0.25, 0.3) is 0 Å². The van der Waals surface area contributed by atoms with E-state index in [9.17, 15) is 0 Å². The third-order valence-corrected chi connectivity index (χ3v) is 4.82. The van der Waals surface area contributed by atoms with Gasteiger partial charge in [-0.3, -0.25) is 4.90 Å². The molecular formula is C14H17ClN2S. The van der Waals surface area contributed by atoms with Crippen molar-refractivity contribution in [3.05, 3.63) is 34.3 Å². The van der Waals surface area contributed by atoms with E-state index < -0.39 is 0 Å². The lowest BCUT2D eigenvalue weighted by molar-refractivity contribution is 0.205. The number of piperidine rings is 1. The molecule has 2 aliphatic rings. The molecule has 2 atom stereocenters. The summed E-state index contributed by atoms with van der Waals surface area (Å²) in [6.07, 6.45) is 4.14. The molecule has 1 aromatic carbocycles. The maximum absolute atomic E-state index is 6.31. The minimum atomic E-state index is 0.406. The molecule has 1 heterocycles. The summed E-state index contributed by atoms with van der Waals surface area (Å²) in [5.74, 6) is 0.921. The number of hydrogen-bond donors (Lipinski definition) is 1. The highest BCUT2D eigenvalue weighted by Gasteiger charge is 2.37. The van der Waals surface area contributed by atoms with Gasteiger partial charge in [0, 0.05) is 29.7 Å². The van der Waals surface area contributed by atoms with Gasteiger partial charge >= 0.3 is 0 Å². The van der Waals surface area contributed by atoms with Crippen molar-refractivity contribution in [3.8, 4) is 0 Å². The summed E-state index contributed by atoms with van der Waals surface area (Å²) >= 11 is 11.3. The van der Waals surface area contributed by atoms with Gasteiger partial charge in [0.25, 0.3) is 0 Å². The Balaban J connectivity index is 1.75. The molecule has 0 amide bonds. The van der Waals surface area contributed by atoms with Crippen molar-refractivity contribution in [2.45, 2.75) is 31.8 Å². The third-order valence-electron chi connectivity index (χ3n) is 4.23. The van der Waals surface area contributed by atoms with Gasteiger partial charge in [0.2, 0.25) is 0 Å². The van der Waals surface area contributed by atoms with Crippen LogP contribution in [0.3, 0.4) is 0 Å². The van der Waals surface area contributed by atoms with Crippen molar-refractivity contribution in [1.82, 2.24) is 4.90 Å². The monoisotopic (exact) mass is 280 g/mol. The molecule has 2 nitrogen and oxygen atoms in total. The quantitative estimate of drug-likeness (QED) is 0.863. The van der Waals surface area contributed by atoms with Gasteiger partial charge < -0.3 is 5.73 Å². The molecule has 2 fully saturated rings. The number of hydrogen-bond acceptors (Lipinski definition) is 2. The van der Waals surface area contributed by atoms with Gasteiger partial charge in [-0.1, -0.05) is 36.0 Å². The summed E-state index contributed by atoms with van der Waals surface area (Å²) in [6.45, 7) is 2.19. The van der Waals surface area contributed by atoms with Crippen molar-refractivity contribution in [2.75, 3.05) is 6.54 Å². The van der Waals surface area contributed by atoms with Gasteiger partial charge in [-0.2, -0.15) is 0 Å². The van der Waals surface area contributed by atoms with E-state index in [1.54, 1.807) is 0 Å². The Morgan fingerprint density at radius 3 is 2.83 bits per heavy atom. The molecule has 1 aromatic rings. The summed E-state index contributed by atoms with van der Waals surface area (Å²) in [7, 11) is 0. The van der Waals surface area contributed by atoms with E-state index in [4.69, 9.17) is 29.6 Å². The molecule has 1 saturated carbocycles. The van der Waals surface area contributed by atoms with Crippen LogP contribution in [0.1, 0.15) is 30.4 Å². The summed E-state index contributed by atoms with van der Waals surface area (Å²) in [5, 5.41) is 0.781. The first kappa shape index (κ1) is 12.4. The molecule has 1 saturated heterocycles. The van der Waals surface area contributed by atoms with Crippen molar-refractivity contribution in [2.24, 2.45) is 11.7 Å². The molecule has 1 aliphatic carbocycles. The number of fused-ring (bicyclic) bond motifs is 2. The van der Waals surface area contributed by atoms with Crippen LogP contribution in [0.2, 0.25) is 5.02 Å². The summed E-state index contributed by atoms with van der Waals surface area (Å²) in [6, 6.07) is 6.69. The normalized spacial score (nSPS) is 26.7. The van der Waals surface area contributed by atoms with Gasteiger partial charge in [-0.25, -0.2) is 0 Å². The molecule has 0 aromatic heterocycles. The van der Waals surface area contributed by atoms with E-state index in [0.29, 0.717) is 4.99 Å². The fraction of sp³-hybridized carbons (Fsp3) is 0.500. The molecule has 2 N–H and O–H groups in total. The number of thiocarbonyl (C=S) groups is 1. The van der Waals surface area contributed by atoms with Crippen LogP contribution in [0, 0.1) is 5.92 Å². The SMILES string of the molecule is NC(=S)c1ccc(CN2CC3CCC2C3)c(Cl)c1. The molecule has 0 spiro atoms. The molecule has 4 heteroatoms. The summed E-state index contributed by atoms with van der Waals surface area (Å²) in [5.41, 5.74) is 7.64. The second-order valence-electron chi connectivity index (χ2n) is 5.43. The Labute approximate surface area is 118 Å². The minimum Gasteiger partial charge on any atom is -0.389 e. The highest BCUT2D eigenvalue weighted by atomic mass is 35.5. The van der Waals surface area contributed by atoms with E-state index in [-0.39, 0.29) is 0 Å². The van der Waals surface area contributed by atoms with Crippen LogP contribution in [0.15, 0.2) is 18.2 Å². The number of nitrogens with two attached hydrogens (primary N) is 1. The van der Waals surface area contributed by atoms with E-state index in [0.717, 1.165) is 29.1 Å². The van der Waals surface area contributed by atoms with Gasteiger partial charge in [0.05, 0.1) is 0 Å². The first-order valence-electron chi connectivity index (χ1n) is 6.46. The molecule has 0 radical (unpaired) electrons. The largest absolute Gasteiger partial charge is 0.389 e. The maximum atomic E-state index is 6.31. The molecular weight excluding hydrogens is 264 g/mol. The van der Waals surface area contributed by atoms with E-state index in [2.05, 4.69) is 11.0 Å². The highest BCUT2D eigenvalue weighted by Crippen LogP contribution is 2.38. The van der Waals surface area contributed by atoms with Crippen molar-refractivity contribution in [3.63, 3.8) is 0 Å². The lowest BCUT2D eigenvalue weighted by Crippen LogP contribution is -2.31. The van der Waals surface area contributed by atoms with E-state index >= 15 is 0 Å². The zero-order valence-corrected chi connectivity index (χ0v) is 11.8. The number of halogens is 1. The molecule has 96 valence electrons. The smallest absolute Gasteiger partial charge is 0.104 e. The number of nitrogens with zero attached hydrogens (tertiary/aromatic N) is 1. The zero-order valence-electron chi connectivity index (χ0n) is 10.2. The van der Waals surface area contributed by atoms with Crippen molar-refractivity contribution in [1.29, 1.82) is 0 Å². The average molecular weight is 281 g/mol. The van der Waals surface area contributed by atoms with E-state index in [1.165, 1.54) is 31.4 Å². The summed E-state index contributed by atoms with van der Waals surface area (Å²) in [4.78, 5) is 2.97. The fourth-order valence-electron chi connectivity index (χ4n) is 3.27. The van der Waals surface area contributed by atoms with Crippen molar-refractivity contribution >= 4 is 28.8 Å². The van der Waals surface area contributed by atoms with E-state index in [1.807, 2.05) is 12.1 Å². The first-order valence-corrected chi connectivity index (χ1v) is 7.24. The topological polar surface area (TPSA) is 29.3 Å². The second-order valence-corrected chi connectivity index (χ2v) is 6.28. The Bertz CT molecular complexity index is 489. The van der Waals surface area contributed by atoms with Crippen LogP contribution in [-0.4, -0.2) is 22.5 Å². The molecule has 3 rings (SSSR count). The van der Waals surface area contributed by atoms with Crippen LogP contribution in [-0.2, 0) is 6.54 Å². The lowest BCUT2D eigenvalue weighted by atomic mass is 10.1. The van der Waals surface area contributed by atoms with Gasteiger partial charge in [0.15, 0.2) is 0 Å². The Kier molecular flexibility index (Phi) is 3.31. The minimum absolute atomic E-state index is 0.406. The van der Waals surface area contributed by atoms with Crippen molar-refractivity contribution < 1.29 is 0 Å². The molecule has 2 unspecified atom stereocenters. The zero-order chi connectivity index (χ0) is 12.7. The molecule has 18 heavy (non-hydrogen) atoms. The Morgan fingerprint density at radius 1 is 1.44 bits per heavy atom. The predicted octanol–water partition coefficient (Wildman–Crippen LogP) is 2.96. The van der Waals surface area contributed by atoms with Crippen LogP contribution < -0.4 is 5.73 Å². The van der Waals surface area contributed by atoms with Crippen LogP contribution in [0.5, 0.6) is 0 Å². The highest BCUT2D eigenvalue weighted by molar-refractivity contribution is 7.80. The molecule has 1 aliphatic heterocycles. The molecule has 2 bridgehead atoms. The second kappa shape index (κ2) is 4.80. The third kappa shape index (κ3) is 2.27. The van der Waals surface area contributed by atoms with Crippen LogP contribution >= 0.6 is 23.8 Å². The standard InChI is InChI=1S/C14H17ClN2S/c15-13-6-10(14(16)18)2-3-11(13)8-17-7-9-1-4-12(17)5-9/h2-3,6,9,12H,1,4-5,7-8H2,(H2,16,18).